The summed E-state index contributed by atoms with van der Waals surface area (Å²) in [5.41, 5.74) is 2.44. The SMILES string of the molecule is CCS(=O)(=O)c1ccc(-c2ccc(C(=O)N3CCC[C@H]3CN3CCCC3)cc2)cn1.Cl.Cl. The summed E-state index contributed by atoms with van der Waals surface area (Å²) in [7, 11) is -3.30. The predicted octanol–water partition coefficient (Wildman–Crippen LogP) is 4.09. The zero-order valence-electron chi connectivity index (χ0n) is 18.3. The van der Waals surface area contributed by atoms with E-state index in [1.165, 1.54) is 12.8 Å². The number of sulfone groups is 1. The number of pyridine rings is 1. The van der Waals surface area contributed by atoms with E-state index < -0.39 is 9.84 Å². The number of likely N-dealkylation sites (tertiary alicyclic amines) is 2. The van der Waals surface area contributed by atoms with Gasteiger partial charge in [-0.3, -0.25) is 4.79 Å². The minimum absolute atomic E-state index is 0. The lowest BCUT2D eigenvalue weighted by Crippen LogP contribution is -2.42. The normalized spacial score (nSPS) is 18.8. The van der Waals surface area contributed by atoms with E-state index in [-0.39, 0.29) is 41.5 Å². The third kappa shape index (κ3) is 5.81. The molecule has 0 spiro atoms. The van der Waals surface area contributed by atoms with Crippen LogP contribution in [0.15, 0.2) is 47.6 Å². The molecule has 176 valence electrons. The first-order chi connectivity index (χ1) is 14.5. The number of amides is 1. The Hall–Kier alpha value is -1.67. The predicted molar refractivity (Wildman–Crippen MR) is 132 cm³/mol. The average Bonchev–Trinajstić information content (AvgIpc) is 3.46. The zero-order valence-corrected chi connectivity index (χ0v) is 20.7. The van der Waals surface area contributed by atoms with Crippen molar-refractivity contribution in [1.29, 1.82) is 0 Å². The summed E-state index contributed by atoms with van der Waals surface area (Å²) in [6, 6.07) is 11.2. The molecule has 2 aliphatic rings. The fraction of sp³-hybridized carbons (Fsp3) is 0.478. The molecular formula is C23H31Cl2N3O3S. The molecule has 0 N–H and O–H groups in total. The zero-order chi connectivity index (χ0) is 21.1. The van der Waals surface area contributed by atoms with E-state index in [9.17, 15) is 13.2 Å². The maximum absolute atomic E-state index is 13.1. The highest BCUT2D eigenvalue weighted by molar-refractivity contribution is 7.91. The number of aromatic nitrogens is 1. The first kappa shape index (κ1) is 26.6. The molecular weight excluding hydrogens is 469 g/mol. The molecule has 4 rings (SSSR count). The molecule has 6 nitrogen and oxygen atoms in total. The highest BCUT2D eigenvalue weighted by Crippen LogP contribution is 2.25. The van der Waals surface area contributed by atoms with Crippen molar-refractivity contribution < 1.29 is 13.2 Å². The van der Waals surface area contributed by atoms with Crippen LogP contribution in [0, 0.1) is 0 Å². The Morgan fingerprint density at radius 2 is 1.62 bits per heavy atom. The van der Waals surface area contributed by atoms with Crippen LogP contribution in [0.2, 0.25) is 0 Å². The van der Waals surface area contributed by atoms with Crippen LogP contribution in [0.1, 0.15) is 43.0 Å². The van der Waals surface area contributed by atoms with Crippen molar-refractivity contribution in [3.63, 3.8) is 0 Å². The second-order valence-electron chi connectivity index (χ2n) is 8.17. The molecule has 1 atom stereocenters. The van der Waals surface area contributed by atoms with Gasteiger partial charge in [0.1, 0.15) is 0 Å². The maximum Gasteiger partial charge on any atom is 0.254 e. The summed E-state index contributed by atoms with van der Waals surface area (Å²) >= 11 is 0. The van der Waals surface area contributed by atoms with E-state index in [4.69, 9.17) is 0 Å². The van der Waals surface area contributed by atoms with Crippen molar-refractivity contribution in [1.82, 2.24) is 14.8 Å². The van der Waals surface area contributed by atoms with Gasteiger partial charge >= 0.3 is 0 Å². The molecule has 0 saturated carbocycles. The topological polar surface area (TPSA) is 70.6 Å². The molecule has 32 heavy (non-hydrogen) atoms. The summed E-state index contributed by atoms with van der Waals surface area (Å²) in [6.07, 6.45) is 6.26. The van der Waals surface area contributed by atoms with Crippen molar-refractivity contribution >= 4 is 40.6 Å². The van der Waals surface area contributed by atoms with Crippen LogP contribution in [-0.4, -0.2) is 67.1 Å². The van der Waals surface area contributed by atoms with Crippen LogP contribution in [0.5, 0.6) is 0 Å². The number of carbonyl (C=O) groups excluding carboxylic acids is 1. The second kappa shape index (κ2) is 11.5. The van der Waals surface area contributed by atoms with Crippen molar-refractivity contribution in [3.8, 4) is 11.1 Å². The van der Waals surface area contributed by atoms with Gasteiger partial charge in [-0.1, -0.05) is 19.1 Å². The summed E-state index contributed by atoms with van der Waals surface area (Å²) in [6.45, 7) is 5.73. The molecule has 2 aromatic rings. The van der Waals surface area contributed by atoms with Crippen LogP contribution < -0.4 is 0 Å². The number of rotatable bonds is 6. The quantitative estimate of drug-likeness (QED) is 0.598. The van der Waals surface area contributed by atoms with Gasteiger partial charge in [-0.05, 0) is 68.6 Å². The maximum atomic E-state index is 13.1. The van der Waals surface area contributed by atoms with E-state index in [2.05, 4.69) is 9.88 Å². The molecule has 0 unspecified atom stereocenters. The minimum Gasteiger partial charge on any atom is -0.334 e. The summed E-state index contributed by atoms with van der Waals surface area (Å²) < 4.78 is 23.8. The van der Waals surface area contributed by atoms with Crippen LogP contribution in [0.4, 0.5) is 0 Å². The summed E-state index contributed by atoms with van der Waals surface area (Å²) in [5, 5.41) is 0.0959. The van der Waals surface area contributed by atoms with E-state index in [1.54, 1.807) is 25.3 Å². The number of nitrogens with zero attached hydrogens (tertiary/aromatic N) is 3. The molecule has 1 aromatic carbocycles. The smallest absolute Gasteiger partial charge is 0.254 e. The van der Waals surface area contributed by atoms with Gasteiger partial charge in [-0.2, -0.15) is 0 Å². The Bertz CT molecular complexity index is 992. The molecule has 9 heteroatoms. The first-order valence-electron chi connectivity index (χ1n) is 10.8. The van der Waals surface area contributed by atoms with Crippen LogP contribution >= 0.6 is 24.8 Å². The van der Waals surface area contributed by atoms with Crippen molar-refractivity contribution in [2.75, 3.05) is 31.9 Å². The lowest BCUT2D eigenvalue weighted by molar-refractivity contribution is 0.0709. The molecule has 0 radical (unpaired) electrons. The molecule has 2 saturated heterocycles. The first-order valence-corrected chi connectivity index (χ1v) is 12.5. The Morgan fingerprint density at radius 1 is 0.969 bits per heavy atom. The van der Waals surface area contributed by atoms with Gasteiger partial charge in [-0.25, -0.2) is 13.4 Å². The Balaban J connectivity index is 0.00000181. The molecule has 0 aliphatic carbocycles. The summed E-state index contributed by atoms with van der Waals surface area (Å²) in [4.78, 5) is 21.7. The van der Waals surface area contributed by atoms with Gasteiger partial charge in [0.15, 0.2) is 14.9 Å². The number of hydrogen-bond acceptors (Lipinski definition) is 5. The molecule has 2 aliphatic heterocycles. The Morgan fingerprint density at radius 3 is 2.22 bits per heavy atom. The van der Waals surface area contributed by atoms with Gasteiger partial charge in [0, 0.05) is 36.5 Å². The second-order valence-corrected chi connectivity index (χ2v) is 10.4. The van der Waals surface area contributed by atoms with Crippen LogP contribution in [0.3, 0.4) is 0 Å². The van der Waals surface area contributed by atoms with E-state index >= 15 is 0 Å². The highest BCUT2D eigenvalue weighted by Gasteiger charge is 2.31. The average molecular weight is 500 g/mol. The van der Waals surface area contributed by atoms with E-state index in [0.29, 0.717) is 11.6 Å². The largest absolute Gasteiger partial charge is 0.334 e. The molecule has 1 aromatic heterocycles. The summed E-state index contributed by atoms with van der Waals surface area (Å²) in [5.74, 6) is 0.136. The fourth-order valence-corrected chi connectivity index (χ4v) is 5.19. The monoisotopic (exact) mass is 499 g/mol. The van der Waals surface area contributed by atoms with Gasteiger partial charge in [0.25, 0.3) is 5.91 Å². The van der Waals surface area contributed by atoms with Crippen molar-refractivity contribution in [2.24, 2.45) is 0 Å². The van der Waals surface area contributed by atoms with E-state index in [0.717, 1.165) is 50.1 Å². The van der Waals surface area contributed by atoms with Crippen LogP contribution in [0.25, 0.3) is 11.1 Å². The third-order valence-corrected chi connectivity index (χ3v) is 7.84. The highest BCUT2D eigenvalue weighted by atomic mass is 35.5. The molecule has 3 heterocycles. The standard InChI is InChI=1S/C23H29N3O3S.2ClH/c1-2-30(28,29)22-12-11-20(16-24-22)18-7-9-19(10-8-18)23(27)26-15-5-6-21(26)17-25-13-3-4-14-25;;/h7-12,16,21H,2-6,13-15,17H2,1H3;2*1H/t21-;;/m0../s1. The van der Waals surface area contributed by atoms with Gasteiger partial charge in [-0.15, -0.1) is 24.8 Å². The fourth-order valence-electron chi connectivity index (χ4n) is 4.41. The number of halogens is 2. The van der Waals surface area contributed by atoms with E-state index in [1.807, 2.05) is 29.2 Å². The number of carbonyl (C=O) groups is 1. The number of hydrogen-bond donors (Lipinski definition) is 0. The lowest BCUT2D eigenvalue weighted by atomic mass is 10.0. The number of benzene rings is 1. The molecule has 0 bridgehead atoms. The van der Waals surface area contributed by atoms with Gasteiger partial charge < -0.3 is 9.80 Å². The molecule has 1 amide bonds. The van der Waals surface area contributed by atoms with Crippen molar-refractivity contribution in [2.45, 2.75) is 43.7 Å². The molecule has 2 fully saturated rings. The lowest BCUT2D eigenvalue weighted by Gasteiger charge is -2.28. The van der Waals surface area contributed by atoms with Crippen LogP contribution in [-0.2, 0) is 9.84 Å². The van der Waals surface area contributed by atoms with Gasteiger partial charge in [0.2, 0.25) is 0 Å². The van der Waals surface area contributed by atoms with Gasteiger partial charge in [0.05, 0.1) is 5.75 Å². The Kier molecular flexibility index (Phi) is 9.52. The van der Waals surface area contributed by atoms with Crippen molar-refractivity contribution in [3.05, 3.63) is 48.2 Å². The third-order valence-electron chi connectivity index (χ3n) is 6.21. The minimum atomic E-state index is -3.30. The Labute approximate surface area is 203 Å².